The molecule has 5 nitrogen and oxygen atoms in total. The van der Waals surface area contributed by atoms with E-state index in [1.54, 1.807) is 12.1 Å². The van der Waals surface area contributed by atoms with Crippen molar-refractivity contribution in [3.05, 3.63) is 17.2 Å². The number of hydrogen-bond acceptors (Lipinski definition) is 5. The fourth-order valence-electron chi connectivity index (χ4n) is 2.48. The third-order valence-electron chi connectivity index (χ3n) is 3.53. The summed E-state index contributed by atoms with van der Waals surface area (Å²) < 4.78 is 8.31. The molecule has 3 N–H and O–H groups in total. The summed E-state index contributed by atoms with van der Waals surface area (Å²) in [6.45, 7) is 0. The number of nitrogens with one attached hydrogen (secondary N) is 1. The SMILES string of the molecule is NC1CCCC1C(=O)Nc1c(Cl)ccc2nsnc12. The van der Waals surface area contributed by atoms with Crippen molar-refractivity contribution >= 4 is 46.0 Å². The van der Waals surface area contributed by atoms with Gasteiger partial charge in [-0.15, -0.1) is 0 Å². The summed E-state index contributed by atoms with van der Waals surface area (Å²) in [5.74, 6) is -0.217. The van der Waals surface area contributed by atoms with E-state index < -0.39 is 0 Å². The standard InChI is InChI=1S/C12H13ClN4OS/c13-7-4-5-9-11(17-19-16-9)10(7)15-12(18)6-2-1-3-8(6)14/h4-6,8H,1-3,14H2,(H,15,18). The quantitative estimate of drug-likeness (QED) is 0.892. The summed E-state index contributed by atoms with van der Waals surface area (Å²) in [7, 11) is 0. The van der Waals surface area contributed by atoms with Gasteiger partial charge in [0.15, 0.2) is 0 Å². The molecule has 2 aromatic rings. The first-order chi connectivity index (χ1) is 9.16. The first kappa shape index (κ1) is 12.8. The van der Waals surface area contributed by atoms with Crippen molar-refractivity contribution in [2.45, 2.75) is 25.3 Å². The van der Waals surface area contributed by atoms with Crippen LogP contribution in [0.3, 0.4) is 0 Å². The molecule has 1 amide bonds. The van der Waals surface area contributed by atoms with Gasteiger partial charge in [-0.3, -0.25) is 4.79 Å². The molecule has 0 radical (unpaired) electrons. The van der Waals surface area contributed by atoms with Crippen LogP contribution in [-0.2, 0) is 4.79 Å². The van der Waals surface area contributed by atoms with Crippen LogP contribution in [0.1, 0.15) is 19.3 Å². The minimum absolute atomic E-state index is 0.0634. The second-order valence-electron chi connectivity index (χ2n) is 4.74. The molecule has 2 unspecified atom stereocenters. The Bertz CT molecular complexity index is 629. The number of nitrogens with two attached hydrogens (primary N) is 1. The number of carbonyl (C=O) groups excluding carboxylic acids is 1. The number of fused-ring (bicyclic) bond motifs is 1. The predicted molar refractivity (Wildman–Crippen MR) is 76.4 cm³/mol. The van der Waals surface area contributed by atoms with Gasteiger partial charge in [0.2, 0.25) is 5.91 Å². The number of benzene rings is 1. The highest BCUT2D eigenvalue weighted by molar-refractivity contribution is 7.00. The van der Waals surface area contributed by atoms with E-state index >= 15 is 0 Å². The molecule has 0 aliphatic heterocycles. The van der Waals surface area contributed by atoms with E-state index in [0.29, 0.717) is 16.2 Å². The minimum atomic E-state index is -0.141. The average molecular weight is 297 g/mol. The van der Waals surface area contributed by atoms with Crippen molar-refractivity contribution < 1.29 is 4.79 Å². The lowest BCUT2D eigenvalue weighted by Gasteiger charge is -2.15. The topological polar surface area (TPSA) is 80.9 Å². The molecule has 3 rings (SSSR count). The Morgan fingerprint density at radius 2 is 2.26 bits per heavy atom. The van der Waals surface area contributed by atoms with E-state index in [9.17, 15) is 4.79 Å². The van der Waals surface area contributed by atoms with Crippen LogP contribution >= 0.6 is 23.3 Å². The molecule has 1 aliphatic carbocycles. The third-order valence-corrected chi connectivity index (χ3v) is 4.39. The number of aromatic nitrogens is 2. The summed E-state index contributed by atoms with van der Waals surface area (Å²) >= 11 is 7.24. The Kier molecular flexibility index (Phi) is 3.38. The molecule has 1 aromatic carbocycles. The summed E-state index contributed by atoms with van der Waals surface area (Å²) in [5.41, 5.74) is 7.86. The first-order valence-electron chi connectivity index (χ1n) is 6.14. The molecular formula is C12H13ClN4OS. The van der Waals surface area contributed by atoms with Gasteiger partial charge in [0.25, 0.3) is 0 Å². The smallest absolute Gasteiger partial charge is 0.229 e. The average Bonchev–Trinajstić information content (AvgIpc) is 3.01. The van der Waals surface area contributed by atoms with Crippen LogP contribution in [0.4, 0.5) is 5.69 Å². The van der Waals surface area contributed by atoms with E-state index in [0.717, 1.165) is 36.5 Å². The molecule has 1 aromatic heterocycles. The molecule has 1 heterocycles. The van der Waals surface area contributed by atoms with Gasteiger partial charge in [0, 0.05) is 6.04 Å². The largest absolute Gasteiger partial charge is 0.327 e. The molecule has 1 aliphatic rings. The monoisotopic (exact) mass is 296 g/mol. The van der Waals surface area contributed by atoms with Gasteiger partial charge in [-0.25, -0.2) is 0 Å². The second kappa shape index (κ2) is 5.03. The number of nitrogens with zero attached hydrogens (tertiary/aromatic N) is 2. The summed E-state index contributed by atoms with van der Waals surface area (Å²) in [5, 5.41) is 3.34. The molecule has 0 spiro atoms. The highest BCUT2D eigenvalue weighted by Crippen LogP contribution is 2.32. The van der Waals surface area contributed by atoms with E-state index in [1.165, 1.54) is 0 Å². The van der Waals surface area contributed by atoms with Crippen LogP contribution in [-0.4, -0.2) is 20.7 Å². The number of amides is 1. The van der Waals surface area contributed by atoms with Crippen LogP contribution in [0.2, 0.25) is 5.02 Å². The van der Waals surface area contributed by atoms with E-state index in [4.69, 9.17) is 17.3 Å². The molecule has 1 saturated carbocycles. The highest BCUT2D eigenvalue weighted by atomic mass is 35.5. The lowest BCUT2D eigenvalue weighted by Crippen LogP contribution is -2.34. The van der Waals surface area contributed by atoms with Crippen LogP contribution < -0.4 is 11.1 Å². The van der Waals surface area contributed by atoms with Crippen LogP contribution in [0, 0.1) is 5.92 Å². The van der Waals surface area contributed by atoms with Crippen molar-refractivity contribution in [3.8, 4) is 0 Å². The number of hydrogen-bond donors (Lipinski definition) is 2. The zero-order valence-corrected chi connectivity index (χ0v) is 11.7. The Morgan fingerprint density at radius 1 is 1.42 bits per heavy atom. The maximum absolute atomic E-state index is 12.2. The van der Waals surface area contributed by atoms with Gasteiger partial charge in [-0.05, 0) is 25.0 Å². The van der Waals surface area contributed by atoms with Gasteiger partial charge < -0.3 is 11.1 Å². The van der Waals surface area contributed by atoms with Crippen LogP contribution in [0.5, 0.6) is 0 Å². The molecule has 19 heavy (non-hydrogen) atoms. The summed E-state index contributed by atoms with van der Waals surface area (Å²) in [4.78, 5) is 12.2. The highest BCUT2D eigenvalue weighted by Gasteiger charge is 2.31. The lowest BCUT2D eigenvalue weighted by molar-refractivity contribution is -0.120. The fourth-order valence-corrected chi connectivity index (χ4v) is 3.22. The molecule has 100 valence electrons. The Hall–Kier alpha value is -1.24. The van der Waals surface area contributed by atoms with Crippen LogP contribution in [0.25, 0.3) is 11.0 Å². The van der Waals surface area contributed by atoms with Crippen molar-refractivity contribution in [2.24, 2.45) is 11.7 Å². The molecule has 0 saturated heterocycles. The molecule has 7 heteroatoms. The summed E-state index contributed by atoms with van der Waals surface area (Å²) in [6.07, 6.45) is 2.72. The minimum Gasteiger partial charge on any atom is -0.327 e. The van der Waals surface area contributed by atoms with Crippen molar-refractivity contribution in [2.75, 3.05) is 5.32 Å². The van der Waals surface area contributed by atoms with Crippen molar-refractivity contribution in [3.63, 3.8) is 0 Å². The molecular weight excluding hydrogens is 284 g/mol. The normalized spacial score (nSPS) is 22.8. The Balaban J connectivity index is 1.90. The Morgan fingerprint density at radius 3 is 3.00 bits per heavy atom. The van der Waals surface area contributed by atoms with Gasteiger partial charge in [0.1, 0.15) is 11.0 Å². The lowest BCUT2D eigenvalue weighted by atomic mass is 10.0. The third kappa shape index (κ3) is 2.31. The fraction of sp³-hybridized carbons (Fsp3) is 0.417. The first-order valence-corrected chi connectivity index (χ1v) is 7.25. The number of anilines is 1. The Labute approximate surface area is 119 Å². The number of carbonyl (C=O) groups is 1. The van der Waals surface area contributed by atoms with Gasteiger partial charge in [0.05, 0.1) is 28.4 Å². The van der Waals surface area contributed by atoms with Crippen molar-refractivity contribution in [1.29, 1.82) is 0 Å². The molecule has 2 atom stereocenters. The molecule has 0 bridgehead atoms. The number of halogens is 1. The zero-order valence-electron chi connectivity index (χ0n) is 10.1. The van der Waals surface area contributed by atoms with Gasteiger partial charge >= 0.3 is 0 Å². The van der Waals surface area contributed by atoms with Crippen molar-refractivity contribution in [1.82, 2.24) is 8.75 Å². The number of rotatable bonds is 2. The maximum atomic E-state index is 12.2. The van der Waals surface area contributed by atoms with E-state index in [-0.39, 0.29) is 17.9 Å². The van der Waals surface area contributed by atoms with Gasteiger partial charge in [-0.2, -0.15) is 8.75 Å². The second-order valence-corrected chi connectivity index (χ2v) is 5.68. The van der Waals surface area contributed by atoms with Gasteiger partial charge in [-0.1, -0.05) is 18.0 Å². The zero-order chi connectivity index (χ0) is 13.4. The van der Waals surface area contributed by atoms with Crippen LogP contribution in [0.15, 0.2) is 12.1 Å². The predicted octanol–water partition coefficient (Wildman–Crippen LogP) is 2.41. The van der Waals surface area contributed by atoms with E-state index in [2.05, 4.69) is 14.1 Å². The summed E-state index contributed by atoms with van der Waals surface area (Å²) in [6, 6.07) is 3.44. The molecule has 1 fully saturated rings. The maximum Gasteiger partial charge on any atom is 0.229 e. The van der Waals surface area contributed by atoms with E-state index in [1.807, 2.05) is 0 Å².